The van der Waals surface area contributed by atoms with Gasteiger partial charge in [-0.15, -0.1) is 0 Å². The molecule has 2 aliphatic carbocycles. The van der Waals surface area contributed by atoms with Crippen molar-refractivity contribution < 1.29 is 8.39 Å². The average Bonchev–Trinajstić information content (AvgIpc) is 2.31. The summed E-state index contributed by atoms with van der Waals surface area (Å²) in [5, 5.41) is 0. The minimum absolute atomic E-state index is 0.227. The molecule has 1 N–H and O–H groups in total. The lowest BCUT2D eigenvalue weighted by Crippen LogP contribution is -2.35. The van der Waals surface area contributed by atoms with Gasteiger partial charge in [0.1, 0.15) is 0 Å². The Morgan fingerprint density at radius 2 is 1.44 bits per heavy atom. The van der Waals surface area contributed by atoms with E-state index in [1.807, 2.05) is 0 Å². The first kappa shape index (κ1) is 12.5. The van der Waals surface area contributed by atoms with Crippen LogP contribution in [0.2, 0.25) is 0 Å². The van der Waals surface area contributed by atoms with Gasteiger partial charge in [0.25, 0.3) is 0 Å². The molecule has 2 saturated carbocycles. The lowest BCUT2D eigenvalue weighted by molar-refractivity contribution is 0.170. The Morgan fingerprint density at radius 3 is 2.06 bits per heavy atom. The van der Waals surface area contributed by atoms with Gasteiger partial charge in [-0.1, -0.05) is 38.5 Å². The third-order valence-electron chi connectivity index (χ3n) is 3.64. The minimum Gasteiger partial charge on any atom is -0.275 e. The molecular formula is C12H23NO2S. The maximum atomic E-state index is 11.8. The summed E-state index contributed by atoms with van der Waals surface area (Å²) < 4.78 is 20.4. The van der Waals surface area contributed by atoms with Crippen LogP contribution in [0.5, 0.6) is 0 Å². The fraction of sp³-hybridized carbons (Fsp3) is 1.00. The molecule has 0 saturated heterocycles. The highest BCUT2D eigenvalue weighted by molar-refractivity contribution is 7.78. The molecule has 0 bridgehead atoms. The quantitative estimate of drug-likeness (QED) is 0.827. The first-order valence-electron chi connectivity index (χ1n) is 6.69. The highest BCUT2D eigenvalue weighted by Gasteiger charge is 2.20. The Balaban J connectivity index is 1.66. The van der Waals surface area contributed by atoms with Crippen molar-refractivity contribution in [2.45, 2.75) is 76.4 Å². The van der Waals surface area contributed by atoms with Crippen molar-refractivity contribution in [3.8, 4) is 0 Å². The molecule has 1 unspecified atom stereocenters. The van der Waals surface area contributed by atoms with Crippen molar-refractivity contribution >= 4 is 11.3 Å². The smallest absolute Gasteiger partial charge is 0.234 e. The summed E-state index contributed by atoms with van der Waals surface area (Å²) in [6, 6.07) is 0.415. The topological polar surface area (TPSA) is 38.3 Å². The molecule has 0 heterocycles. The molecule has 0 spiro atoms. The van der Waals surface area contributed by atoms with E-state index in [4.69, 9.17) is 4.18 Å². The highest BCUT2D eigenvalue weighted by Crippen LogP contribution is 2.22. The van der Waals surface area contributed by atoms with Crippen LogP contribution in [0.3, 0.4) is 0 Å². The second-order valence-corrected chi connectivity index (χ2v) is 5.94. The first-order valence-corrected chi connectivity index (χ1v) is 7.77. The second kappa shape index (κ2) is 6.72. The Hall–Kier alpha value is 0.0700. The number of hydrogen-bond acceptors (Lipinski definition) is 2. The van der Waals surface area contributed by atoms with Gasteiger partial charge in [0.05, 0.1) is 6.10 Å². The zero-order valence-electron chi connectivity index (χ0n) is 9.95. The summed E-state index contributed by atoms with van der Waals surface area (Å²) in [7, 11) is 0. The molecule has 4 heteroatoms. The number of rotatable bonds is 4. The van der Waals surface area contributed by atoms with Gasteiger partial charge in [-0.2, -0.15) is 0 Å². The molecule has 1 atom stereocenters. The molecule has 2 rings (SSSR count). The van der Waals surface area contributed by atoms with E-state index in [9.17, 15) is 4.21 Å². The van der Waals surface area contributed by atoms with E-state index in [1.165, 1.54) is 38.5 Å². The van der Waals surface area contributed by atoms with E-state index >= 15 is 0 Å². The summed E-state index contributed by atoms with van der Waals surface area (Å²) >= 11 is -1.27. The third kappa shape index (κ3) is 4.15. The second-order valence-electron chi connectivity index (χ2n) is 5.04. The predicted octanol–water partition coefficient (Wildman–Crippen LogP) is 2.84. The fourth-order valence-electron chi connectivity index (χ4n) is 2.67. The predicted molar refractivity (Wildman–Crippen MR) is 66.1 cm³/mol. The van der Waals surface area contributed by atoms with Gasteiger partial charge in [-0.25, -0.2) is 8.93 Å². The van der Waals surface area contributed by atoms with Gasteiger partial charge in [-0.3, -0.25) is 4.18 Å². The van der Waals surface area contributed by atoms with Gasteiger partial charge in [-0.05, 0) is 25.7 Å². The normalized spacial score (nSPS) is 26.8. The molecule has 2 aliphatic rings. The van der Waals surface area contributed by atoms with Crippen molar-refractivity contribution in [2.75, 3.05) is 0 Å². The minimum atomic E-state index is -1.27. The van der Waals surface area contributed by atoms with Crippen LogP contribution in [-0.2, 0) is 15.4 Å². The number of nitrogens with one attached hydrogen (secondary N) is 1. The molecule has 0 radical (unpaired) electrons. The van der Waals surface area contributed by atoms with Gasteiger partial charge in [0.2, 0.25) is 11.3 Å². The molecule has 0 aromatic carbocycles. The van der Waals surface area contributed by atoms with E-state index < -0.39 is 11.3 Å². The highest BCUT2D eigenvalue weighted by atomic mass is 32.2. The van der Waals surface area contributed by atoms with Crippen molar-refractivity contribution in [1.82, 2.24) is 4.72 Å². The van der Waals surface area contributed by atoms with Crippen molar-refractivity contribution in [1.29, 1.82) is 0 Å². The van der Waals surface area contributed by atoms with Gasteiger partial charge in [0, 0.05) is 6.04 Å². The van der Waals surface area contributed by atoms with E-state index in [2.05, 4.69) is 4.72 Å². The van der Waals surface area contributed by atoms with Crippen LogP contribution < -0.4 is 4.72 Å². The molecule has 0 aromatic rings. The molecule has 0 aromatic heterocycles. The monoisotopic (exact) mass is 245 g/mol. The first-order chi connectivity index (χ1) is 7.84. The zero-order valence-corrected chi connectivity index (χ0v) is 10.8. The summed E-state index contributed by atoms with van der Waals surface area (Å²) in [6.07, 6.45) is 12.3. The van der Waals surface area contributed by atoms with Crippen molar-refractivity contribution in [3.63, 3.8) is 0 Å². The van der Waals surface area contributed by atoms with E-state index in [1.54, 1.807) is 0 Å². The van der Waals surface area contributed by atoms with Crippen LogP contribution in [0.4, 0.5) is 0 Å². The van der Waals surface area contributed by atoms with Crippen LogP contribution in [0.25, 0.3) is 0 Å². The maximum Gasteiger partial charge on any atom is 0.234 e. The van der Waals surface area contributed by atoms with E-state index in [0.29, 0.717) is 6.04 Å². The number of hydrogen-bond donors (Lipinski definition) is 1. The summed E-state index contributed by atoms with van der Waals surface area (Å²) in [5.41, 5.74) is 0. The molecule has 94 valence electrons. The van der Waals surface area contributed by atoms with Gasteiger partial charge < -0.3 is 0 Å². The lowest BCUT2D eigenvalue weighted by Gasteiger charge is -2.25. The largest absolute Gasteiger partial charge is 0.275 e. The van der Waals surface area contributed by atoms with Crippen LogP contribution >= 0.6 is 0 Å². The molecular weight excluding hydrogens is 222 g/mol. The summed E-state index contributed by atoms with van der Waals surface area (Å²) in [6.45, 7) is 0. The van der Waals surface area contributed by atoms with Crippen LogP contribution in [0.15, 0.2) is 0 Å². The Morgan fingerprint density at radius 1 is 0.875 bits per heavy atom. The maximum absolute atomic E-state index is 11.8. The Kier molecular flexibility index (Phi) is 5.26. The summed E-state index contributed by atoms with van der Waals surface area (Å²) in [5.74, 6) is 0. The zero-order chi connectivity index (χ0) is 11.2. The van der Waals surface area contributed by atoms with Crippen molar-refractivity contribution in [2.24, 2.45) is 0 Å². The van der Waals surface area contributed by atoms with Gasteiger partial charge >= 0.3 is 0 Å². The van der Waals surface area contributed by atoms with E-state index in [0.717, 1.165) is 25.7 Å². The Bertz CT molecular complexity index is 201. The lowest BCUT2D eigenvalue weighted by atomic mass is 9.96. The van der Waals surface area contributed by atoms with Crippen LogP contribution in [-0.4, -0.2) is 16.4 Å². The fourth-order valence-corrected chi connectivity index (χ4v) is 3.67. The molecule has 16 heavy (non-hydrogen) atoms. The Labute approximate surface area is 101 Å². The SMILES string of the molecule is O=S(NC1CCCCC1)OC1CCCCC1. The molecule has 0 aliphatic heterocycles. The standard InChI is InChI=1S/C12H23NO2S/c14-16(13-11-7-3-1-4-8-11)15-12-9-5-2-6-10-12/h11-13H,1-10H2. The third-order valence-corrected chi connectivity index (χ3v) is 4.62. The van der Waals surface area contributed by atoms with Gasteiger partial charge in [0.15, 0.2) is 0 Å². The molecule has 0 amide bonds. The summed E-state index contributed by atoms with van der Waals surface area (Å²) in [4.78, 5) is 0. The average molecular weight is 245 g/mol. The van der Waals surface area contributed by atoms with Crippen molar-refractivity contribution in [3.05, 3.63) is 0 Å². The molecule has 2 fully saturated rings. The van der Waals surface area contributed by atoms with Crippen LogP contribution in [0, 0.1) is 0 Å². The van der Waals surface area contributed by atoms with Crippen LogP contribution in [0.1, 0.15) is 64.2 Å². The molecule has 3 nitrogen and oxygen atoms in total. The van der Waals surface area contributed by atoms with E-state index in [-0.39, 0.29) is 6.10 Å².